The predicted octanol–water partition coefficient (Wildman–Crippen LogP) is 2.76. The molecule has 0 saturated heterocycles. The Balaban J connectivity index is 1.80. The molecular formula is C17H22N2O5. The quantitative estimate of drug-likeness (QED) is 0.490. The molecule has 1 N–H and O–H groups in total. The maximum absolute atomic E-state index is 11.9. The molecule has 2 rings (SSSR count). The highest BCUT2D eigenvalue weighted by atomic mass is 16.6. The van der Waals surface area contributed by atoms with Gasteiger partial charge in [0, 0.05) is 18.2 Å². The van der Waals surface area contributed by atoms with Crippen molar-refractivity contribution in [3.05, 3.63) is 39.4 Å². The number of carbonyl (C=O) groups excluding carboxylic acids is 2. The van der Waals surface area contributed by atoms with Crippen molar-refractivity contribution in [3.8, 4) is 0 Å². The zero-order valence-electron chi connectivity index (χ0n) is 13.7. The smallest absolute Gasteiger partial charge is 0.338 e. The number of hydrogen-bond acceptors (Lipinski definition) is 5. The van der Waals surface area contributed by atoms with Gasteiger partial charge < -0.3 is 10.1 Å². The van der Waals surface area contributed by atoms with Gasteiger partial charge in [0.2, 0.25) is 0 Å². The number of rotatable bonds is 6. The molecule has 0 unspecified atom stereocenters. The second-order valence-corrected chi connectivity index (χ2v) is 6.14. The topological polar surface area (TPSA) is 98.5 Å². The van der Waals surface area contributed by atoms with E-state index in [0.717, 1.165) is 18.9 Å². The summed E-state index contributed by atoms with van der Waals surface area (Å²) in [6.07, 6.45) is 5.88. The lowest BCUT2D eigenvalue weighted by atomic mass is 9.89. The Morgan fingerprint density at radius 1 is 1.29 bits per heavy atom. The molecule has 1 amide bonds. The van der Waals surface area contributed by atoms with Gasteiger partial charge in [0.25, 0.3) is 11.6 Å². The Morgan fingerprint density at radius 3 is 2.67 bits per heavy atom. The molecule has 1 aliphatic carbocycles. The van der Waals surface area contributed by atoms with E-state index in [1.54, 1.807) is 6.92 Å². The summed E-state index contributed by atoms with van der Waals surface area (Å²) < 4.78 is 4.93. The molecule has 0 aliphatic heterocycles. The first-order valence-electron chi connectivity index (χ1n) is 8.16. The maximum Gasteiger partial charge on any atom is 0.338 e. The van der Waals surface area contributed by atoms with Crippen molar-refractivity contribution in [3.63, 3.8) is 0 Å². The summed E-state index contributed by atoms with van der Waals surface area (Å²) in [5.41, 5.74) is 0.375. The van der Waals surface area contributed by atoms with Crippen LogP contribution >= 0.6 is 0 Å². The highest BCUT2D eigenvalue weighted by molar-refractivity contribution is 5.92. The van der Waals surface area contributed by atoms with Gasteiger partial charge in [-0.1, -0.05) is 25.3 Å². The van der Waals surface area contributed by atoms with E-state index in [1.165, 1.54) is 31.4 Å². The molecule has 7 nitrogen and oxygen atoms in total. The minimum atomic E-state index is -0.745. The van der Waals surface area contributed by atoms with Crippen LogP contribution in [0.4, 0.5) is 5.69 Å². The van der Waals surface area contributed by atoms with Crippen molar-refractivity contribution in [2.75, 3.05) is 13.2 Å². The summed E-state index contributed by atoms with van der Waals surface area (Å²) in [4.78, 5) is 34.0. The second kappa shape index (κ2) is 8.42. The van der Waals surface area contributed by atoms with Crippen LogP contribution in [-0.2, 0) is 9.53 Å². The minimum Gasteiger partial charge on any atom is -0.452 e. The maximum atomic E-state index is 11.9. The van der Waals surface area contributed by atoms with Gasteiger partial charge in [0.05, 0.1) is 10.5 Å². The monoisotopic (exact) mass is 334 g/mol. The van der Waals surface area contributed by atoms with Crippen LogP contribution in [-0.4, -0.2) is 30.0 Å². The summed E-state index contributed by atoms with van der Waals surface area (Å²) in [6.45, 7) is 1.81. The second-order valence-electron chi connectivity index (χ2n) is 6.14. The predicted molar refractivity (Wildman–Crippen MR) is 87.7 cm³/mol. The summed E-state index contributed by atoms with van der Waals surface area (Å²) in [5.74, 6) is -0.598. The third kappa shape index (κ3) is 5.04. The zero-order valence-corrected chi connectivity index (χ0v) is 13.7. The fourth-order valence-electron chi connectivity index (χ4n) is 2.85. The normalized spacial score (nSPS) is 14.9. The molecular weight excluding hydrogens is 312 g/mol. The summed E-state index contributed by atoms with van der Waals surface area (Å²) in [6, 6.07) is 4.10. The Hall–Kier alpha value is -2.44. The number of nitro groups is 1. The van der Waals surface area contributed by atoms with E-state index in [9.17, 15) is 19.7 Å². The third-order valence-electron chi connectivity index (χ3n) is 4.29. The highest BCUT2D eigenvalue weighted by Crippen LogP contribution is 2.22. The van der Waals surface area contributed by atoms with Crippen LogP contribution in [0.25, 0.3) is 0 Å². The van der Waals surface area contributed by atoms with Gasteiger partial charge in [-0.15, -0.1) is 0 Å². The zero-order chi connectivity index (χ0) is 17.5. The molecule has 1 aliphatic rings. The first kappa shape index (κ1) is 17.9. The number of nitro benzene ring substituents is 1. The van der Waals surface area contributed by atoms with Gasteiger partial charge in [-0.2, -0.15) is 0 Å². The Kier molecular flexibility index (Phi) is 6.28. The number of nitrogens with one attached hydrogen (secondary N) is 1. The third-order valence-corrected chi connectivity index (χ3v) is 4.29. The van der Waals surface area contributed by atoms with Crippen LogP contribution in [0.5, 0.6) is 0 Å². The lowest BCUT2D eigenvalue weighted by Gasteiger charge is -2.21. The molecule has 7 heteroatoms. The number of hydrogen-bond donors (Lipinski definition) is 1. The average Bonchev–Trinajstić information content (AvgIpc) is 2.59. The van der Waals surface area contributed by atoms with Gasteiger partial charge in [0.15, 0.2) is 6.61 Å². The van der Waals surface area contributed by atoms with Crippen molar-refractivity contribution >= 4 is 17.6 Å². The molecule has 1 fully saturated rings. The van der Waals surface area contributed by atoms with Gasteiger partial charge in [-0.25, -0.2) is 4.79 Å². The number of esters is 1. The van der Waals surface area contributed by atoms with Crippen LogP contribution in [0.15, 0.2) is 18.2 Å². The average molecular weight is 334 g/mol. The van der Waals surface area contributed by atoms with E-state index < -0.39 is 10.9 Å². The van der Waals surface area contributed by atoms with Crippen molar-refractivity contribution in [2.24, 2.45) is 5.92 Å². The van der Waals surface area contributed by atoms with Crippen molar-refractivity contribution in [1.29, 1.82) is 0 Å². The van der Waals surface area contributed by atoms with Crippen molar-refractivity contribution < 1.29 is 19.2 Å². The number of nitrogens with zero attached hydrogens (tertiary/aromatic N) is 1. The van der Waals surface area contributed by atoms with E-state index in [0.29, 0.717) is 18.0 Å². The summed E-state index contributed by atoms with van der Waals surface area (Å²) in [5, 5.41) is 13.7. The Bertz CT molecular complexity index is 623. The van der Waals surface area contributed by atoms with Crippen molar-refractivity contribution in [1.82, 2.24) is 5.32 Å². The van der Waals surface area contributed by atoms with E-state index in [4.69, 9.17) is 4.74 Å². The van der Waals surface area contributed by atoms with Crippen LogP contribution in [0, 0.1) is 23.0 Å². The van der Waals surface area contributed by atoms with Crippen LogP contribution < -0.4 is 5.32 Å². The standard InChI is InChI=1S/C17H22N2O5/c1-12-7-8-14(9-15(12)19(22)23)17(21)24-11-16(20)18-10-13-5-3-2-4-6-13/h7-9,13H,2-6,10-11H2,1H3,(H,18,20). The Morgan fingerprint density at radius 2 is 2.00 bits per heavy atom. The number of ether oxygens (including phenoxy) is 1. The molecule has 1 saturated carbocycles. The highest BCUT2D eigenvalue weighted by Gasteiger charge is 2.18. The number of benzene rings is 1. The van der Waals surface area contributed by atoms with Crippen LogP contribution in [0.2, 0.25) is 0 Å². The molecule has 0 aromatic heterocycles. The number of carbonyl (C=O) groups is 2. The Labute approximate surface area is 140 Å². The molecule has 24 heavy (non-hydrogen) atoms. The summed E-state index contributed by atoms with van der Waals surface area (Å²) in [7, 11) is 0. The van der Waals surface area contributed by atoms with Crippen molar-refractivity contribution in [2.45, 2.75) is 39.0 Å². The molecule has 130 valence electrons. The first-order chi connectivity index (χ1) is 11.5. The van der Waals surface area contributed by atoms with E-state index >= 15 is 0 Å². The molecule has 1 aromatic rings. The largest absolute Gasteiger partial charge is 0.452 e. The van der Waals surface area contributed by atoms with Gasteiger partial charge in [0.1, 0.15) is 0 Å². The number of aryl methyl sites for hydroxylation is 1. The lowest BCUT2D eigenvalue weighted by Crippen LogP contribution is -2.33. The fraction of sp³-hybridized carbons (Fsp3) is 0.529. The minimum absolute atomic E-state index is 0.0624. The lowest BCUT2D eigenvalue weighted by molar-refractivity contribution is -0.385. The van der Waals surface area contributed by atoms with Crippen LogP contribution in [0.3, 0.4) is 0 Å². The fourth-order valence-corrected chi connectivity index (χ4v) is 2.85. The molecule has 0 radical (unpaired) electrons. The van der Waals surface area contributed by atoms with E-state index in [-0.39, 0.29) is 23.8 Å². The van der Waals surface area contributed by atoms with E-state index in [1.807, 2.05) is 0 Å². The van der Waals surface area contributed by atoms with Gasteiger partial charge in [-0.3, -0.25) is 14.9 Å². The SMILES string of the molecule is Cc1ccc(C(=O)OCC(=O)NCC2CCCCC2)cc1[N+](=O)[O-]. The molecule has 0 heterocycles. The molecule has 0 spiro atoms. The van der Waals surface area contributed by atoms with Crippen LogP contribution in [0.1, 0.15) is 48.0 Å². The molecule has 0 atom stereocenters. The number of amides is 1. The molecule has 1 aromatic carbocycles. The van der Waals surface area contributed by atoms with Gasteiger partial charge >= 0.3 is 5.97 Å². The van der Waals surface area contributed by atoms with Gasteiger partial charge in [-0.05, 0) is 31.7 Å². The molecule has 0 bridgehead atoms. The first-order valence-corrected chi connectivity index (χ1v) is 8.16. The van der Waals surface area contributed by atoms with E-state index in [2.05, 4.69) is 5.32 Å². The summed E-state index contributed by atoms with van der Waals surface area (Å²) >= 11 is 0.